The molecule has 2 N–H and O–H groups in total. The third-order valence-corrected chi connectivity index (χ3v) is 4.15. The third kappa shape index (κ3) is 2.96. The van der Waals surface area contributed by atoms with Gasteiger partial charge in [0.25, 0.3) is 0 Å². The number of nitrogens with two attached hydrogens (primary N) is 1. The summed E-state index contributed by atoms with van der Waals surface area (Å²) in [6.45, 7) is 4.42. The second-order valence-electron chi connectivity index (χ2n) is 5.66. The van der Waals surface area contributed by atoms with Crippen LogP contribution in [0.1, 0.15) is 38.5 Å². The first-order valence-corrected chi connectivity index (χ1v) is 6.57. The molecule has 0 aromatic carbocycles. The fourth-order valence-corrected chi connectivity index (χ4v) is 2.98. The summed E-state index contributed by atoms with van der Waals surface area (Å²) in [5, 5.41) is 8.82. The van der Waals surface area contributed by atoms with Crippen LogP contribution in [0.4, 0.5) is 0 Å². The molecular formula is C13H23N3. The summed E-state index contributed by atoms with van der Waals surface area (Å²) in [6, 6.07) is 2.35. The van der Waals surface area contributed by atoms with Crippen molar-refractivity contribution < 1.29 is 0 Å². The van der Waals surface area contributed by atoms with E-state index in [4.69, 9.17) is 11.0 Å². The minimum atomic E-state index is 0.374. The van der Waals surface area contributed by atoms with Crippen LogP contribution >= 0.6 is 0 Å². The molecule has 0 aromatic rings. The van der Waals surface area contributed by atoms with Crippen LogP contribution < -0.4 is 5.73 Å². The Kier molecular flexibility index (Phi) is 3.83. The highest BCUT2D eigenvalue weighted by Crippen LogP contribution is 2.49. The molecule has 3 heteroatoms. The Bertz CT molecular complexity index is 263. The van der Waals surface area contributed by atoms with Gasteiger partial charge in [-0.15, -0.1) is 0 Å². The van der Waals surface area contributed by atoms with Crippen molar-refractivity contribution in [2.24, 2.45) is 17.1 Å². The fraction of sp³-hybridized carbons (Fsp3) is 0.923. The molecule has 1 saturated heterocycles. The molecule has 1 saturated carbocycles. The summed E-state index contributed by atoms with van der Waals surface area (Å²) in [7, 11) is 0. The highest BCUT2D eigenvalue weighted by molar-refractivity contribution is 5.01. The third-order valence-electron chi connectivity index (χ3n) is 4.15. The lowest BCUT2D eigenvalue weighted by atomic mass is 9.93. The van der Waals surface area contributed by atoms with E-state index in [1.165, 1.54) is 45.2 Å². The van der Waals surface area contributed by atoms with E-state index in [1.807, 2.05) is 0 Å². The second kappa shape index (κ2) is 5.16. The molecule has 2 aliphatic rings. The van der Waals surface area contributed by atoms with Gasteiger partial charge in [0, 0.05) is 19.5 Å². The molecule has 16 heavy (non-hydrogen) atoms. The average molecular weight is 221 g/mol. The van der Waals surface area contributed by atoms with Gasteiger partial charge in [-0.05, 0) is 56.5 Å². The minimum absolute atomic E-state index is 0.374. The maximum Gasteiger partial charge on any atom is 0.0628 e. The van der Waals surface area contributed by atoms with Crippen LogP contribution in [0, 0.1) is 22.7 Å². The standard InChI is InChI=1S/C13H23N3/c14-7-3-12-2-1-9-16(10-12)11-13(4-5-13)6-8-15/h12H,1-7,9-11,14H2. The quantitative estimate of drug-likeness (QED) is 0.769. The van der Waals surface area contributed by atoms with E-state index in [1.54, 1.807) is 0 Å². The molecule has 2 fully saturated rings. The van der Waals surface area contributed by atoms with Gasteiger partial charge in [0.15, 0.2) is 0 Å². The van der Waals surface area contributed by atoms with Crippen molar-refractivity contribution in [2.45, 2.75) is 38.5 Å². The van der Waals surface area contributed by atoms with Crippen LogP contribution in [0.2, 0.25) is 0 Å². The van der Waals surface area contributed by atoms with Crippen molar-refractivity contribution >= 4 is 0 Å². The highest BCUT2D eigenvalue weighted by Gasteiger charge is 2.44. The van der Waals surface area contributed by atoms with Crippen LogP contribution in [0.3, 0.4) is 0 Å². The minimum Gasteiger partial charge on any atom is -0.330 e. The zero-order chi connectivity index (χ0) is 11.4. The Balaban J connectivity index is 1.79. The molecule has 1 atom stereocenters. The molecule has 0 radical (unpaired) electrons. The first-order valence-electron chi connectivity index (χ1n) is 6.57. The molecule has 0 amide bonds. The Hall–Kier alpha value is -0.590. The van der Waals surface area contributed by atoms with Gasteiger partial charge in [0.05, 0.1) is 6.07 Å². The topological polar surface area (TPSA) is 53.0 Å². The number of hydrogen-bond acceptors (Lipinski definition) is 3. The SMILES string of the molecule is N#CCC1(CN2CCCC(CCN)C2)CC1. The van der Waals surface area contributed by atoms with Gasteiger partial charge in [-0.3, -0.25) is 0 Å². The maximum atomic E-state index is 8.82. The summed E-state index contributed by atoms with van der Waals surface area (Å²) in [5.74, 6) is 0.802. The number of likely N-dealkylation sites (tertiary alicyclic amines) is 1. The average Bonchev–Trinajstić information content (AvgIpc) is 2.99. The monoisotopic (exact) mass is 221 g/mol. The molecule has 3 nitrogen and oxygen atoms in total. The van der Waals surface area contributed by atoms with Crippen LogP contribution in [0.5, 0.6) is 0 Å². The first kappa shape index (κ1) is 11.9. The Morgan fingerprint density at radius 1 is 1.44 bits per heavy atom. The van der Waals surface area contributed by atoms with Crippen molar-refractivity contribution in [1.82, 2.24) is 4.90 Å². The van der Waals surface area contributed by atoms with Crippen LogP contribution in [-0.2, 0) is 0 Å². The number of nitrogens with zero attached hydrogens (tertiary/aromatic N) is 2. The van der Waals surface area contributed by atoms with E-state index in [0.29, 0.717) is 5.41 Å². The fourth-order valence-electron chi connectivity index (χ4n) is 2.98. The van der Waals surface area contributed by atoms with Gasteiger partial charge in [-0.2, -0.15) is 5.26 Å². The van der Waals surface area contributed by atoms with E-state index >= 15 is 0 Å². The van der Waals surface area contributed by atoms with E-state index in [2.05, 4.69) is 11.0 Å². The first-order chi connectivity index (χ1) is 7.78. The lowest BCUT2D eigenvalue weighted by molar-refractivity contribution is 0.142. The zero-order valence-corrected chi connectivity index (χ0v) is 10.1. The number of nitriles is 1. The van der Waals surface area contributed by atoms with Gasteiger partial charge in [-0.1, -0.05) is 0 Å². The molecular weight excluding hydrogens is 198 g/mol. The van der Waals surface area contributed by atoms with Crippen molar-refractivity contribution in [2.75, 3.05) is 26.2 Å². The molecule has 90 valence electrons. The van der Waals surface area contributed by atoms with E-state index in [0.717, 1.165) is 25.4 Å². The van der Waals surface area contributed by atoms with E-state index < -0.39 is 0 Å². The van der Waals surface area contributed by atoms with Crippen LogP contribution in [0.25, 0.3) is 0 Å². The lowest BCUT2D eigenvalue weighted by Gasteiger charge is -2.34. The smallest absolute Gasteiger partial charge is 0.0628 e. The van der Waals surface area contributed by atoms with Gasteiger partial charge in [0.2, 0.25) is 0 Å². The summed E-state index contributed by atoms with van der Waals surface area (Å²) in [6.07, 6.45) is 7.11. The van der Waals surface area contributed by atoms with E-state index in [-0.39, 0.29) is 0 Å². The largest absolute Gasteiger partial charge is 0.330 e. The highest BCUT2D eigenvalue weighted by atomic mass is 15.1. The van der Waals surface area contributed by atoms with Crippen molar-refractivity contribution in [3.63, 3.8) is 0 Å². The van der Waals surface area contributed by atoms with Crippen LogP contribution in [-0.4, -0.2) is 31.1 Å². The molecule has 0 aromatic heterocycles. The summed E-state index contributed by atoms with van der Waals surface area (Å²) in [4.78, 5) is 2.58. The van der Waals surface area contributed by atoms with Gasteiger partial charge < -0.3 is 10.6 Å². The summed E-state index contributed by atoms with van der Waals surface area (Å²) < 4.78 is 0. The van der Waals surface area contributed by atoms with Crippen molar-refractivity contribution in [1.29, 1.82) is 5.26 Å². The molecule has 1 aliphatic heterocycles. The molecule has 2 rings (SSSR count). The number of hydrogen-bond donors (Lipinski definition) is 1. The summed E-state index contributed by atoms with van der Waals surface area (Å²) in [5.41, 5.74) is 6.00. The maximum absolute atomic E-state index is 8.82. The predicted molar refractivity (Wildman–Crippen MR) is 64.7 cm³/mol. The Morgan fingerprint density at radius 3 is 2.88 bits per heavy atom. The number of piperidine rings is 1. The predicted octanol–water partition coefficient (Wildman–Crippen LogP) is 1.74. The molecule has 1 unspecified atom stereocenters. The van der Waals surface area contributed by atoms with Crippen molar-refractivity contribution in [3.05, 3.63) is 0 Å². The number of rotatable bonds is 5. The Labute approximate surface area is 98.6 Å². The van der Waals surface area contributed by atoms with E-state index in [9.17, 15) is 0 Å². The lowest BCUT2D eigenvalue weighted by Crippen LogP contribution is -2.39. The van der Waals surface area contributed by atoms with Crippen LogP contribution in [0.15, 0.2) is 0 Å². The second-order valence-corrected chi connectivity index (χ2v) is 5.66. The Morgan fingerprint density at radius 2 is 2.25 bits per heavy atom. The van der Waals surface area contributed by atoms with Gasteiger partial charge in [-0.25, -0.2) is 0 Å². The van der Waals surface area contributed by atoms with Gasteiger partial charge in [0.1, 0.15) is 0 Å². The van der Waals surface area contributed by atoms with Gasteiger partial charge >= 0.3 is 0 Å². The zero-order valence-electron chi connectivity index (χ0n) is 10.1. The normalized spacial score (nSPS) is 28.6. The molecule has 0 spiro atoms. The molecule has 1 heterocycles. The molecule has 1 aliphatic carbocycles. The summed E-state index contributed by atoms with van der Waals surface area (Å²) >= 11 is 0. The van der Waals surface area contributed by atoms with Crippen molar-refractivity contribution in [3.8, 4) is 6.07 Å². The molecule has 0 bridgehead atoms.